The van der Waals surface area contributed by atoms with Crippen LogP contribution in [-0.4, -0.2) is 35.4 Å². The molecule has 1 unspecified atom stereocenters. The highest BCUT2D eigenvalue weighted by Crippen LogP contribution is 2.12. The molecule has 0 aromatic carbocycles. The number of hydrogen-bond acceptors (Lipinski definition) is 2. The highest BCUT2D eigenvalue weighted by Gasteiger charge is 2.19. The number of aromatic nitrogens is 1. The number of aryl methyl sites for hydroxylation is 2. The van der Waals surface area contributed by atoms with Gasteiger partial charge in [0, 0.05) is 25.3 Å². The molecule has 1 aromatic heterocycles. The molecular weight excluding hydrogens is 190 g/mol. The van der Waals surface area contributed by atoms with Crippen LogP contribution in [0.25, 0.3) is 0 Å². The van der Waals surface area contributed by atoms with Gasteiger partial charge in [0.2, 0.25) is 0 Å². The van der Waals surface area contributed by atoms with E-state index in [9.17, 15) is 4.79 Å². The van der Waals surface area contributed by atoms with Crippen molar-refractivity contribution < 1.29 is 4.79 Å². The van der Waals surface area contributed by atoms with Crippen LogP contribution < -0.4 is 5.73 Å². The second-order valence-electron chi connectivity index (χ2n) is 4.01. The average Bonchev–Trinajstić information content (AvgIpc) is 2.54. The van der Waals surface area contributed by atoms with Gasteiger partial charge in [0.15, 0.2) is 0 Å². The minimum absolute atomic E-state index is 0.00134. The second-order valence-corrected chi connectivity index (χ2v) is 4.01. The molecule has 0 bridgehead atoms. The van der Waals surface area contributed by atoms with Crippen molar-refractivity contribution in [3.63, 3.8) is 0 Å². The van der Waals surface area contributed by atoms with Crippen molar-refractivity contribution >= 4 is 5.91 Å². The number of carbonyl (C=O) groups is 1. The van der Waals surface area contributed by atoms with Gasteiger partial charge in [-0.05, 0) is 32.4 Å². The predicted molar refractivity (Wildman–Crippen MR) is 60.9 cm³/mol. The number of nitrogens with two attached hydrogens (primary N) is 1. The normalized spacial score (nSPS) is 12.6. The Hall–Kier alpha value is -1.29. The number of nitrogens with zero attached hydrogens (tertiary/aromatic N) is 1. The molecule has 1 aromatic rings. The van der Waals surface area contributed by atoms with Crippen molar-refractivity contribution in [2.24, 2.45) is 5.73 Å². The highest BCUT2D eigenvalue weighted by molar-refractivity contribution is 5.94. The molecule has 15 heavy (non-hydrogen) atoms. The van der Waals surface area contributed by atoms with Crippen molar-refractivity contribution in [1.82, 2.24) is 9.88 Å². The molecule has 0 saturated heterocycles. The summed E-state index contributed by atoms with van der Waals surface area (Å²) >= 11 is 0. The molecule has 0 fully saturated rings. The van der Waals surface area contributed by atoms with Crippen molar-refractivity contribution in [3.8, 4) is 0 Å². The molecule has 0 aliphatic carbocycles. The van der Waals surface area contributed by atoms with Gasteiger partial charge in [-0.15, -0.1) is 0 Å². The van der Waals surface area contributed by atoms with E-state index in [0.717, 1.165) is 11.3 Å². The fourth-order valence-corrected chi connectivity index (χ4v) is 1.49. The first-order chi connectivity index (χ1) is 6.97. The molecule has 0 aliphatic heterocycles. The van der Waals surface area contributed by atoms with Crippen LogP contribution in [0.2, 0.25) is 0 Å². The molecular formula is C11H19N3O. The predicted octanol–water partition coefficient (Wildman–Crippen LogP) is 1.05. The van der Waals surface area contributed by atoms with E-state index in [-0.39, 0.29) is 11.9 Å². The SMILES string of the molecule is Cc1cc(C)c(C(=O)N(C)C(C)CN)[nH]1. The molecule has 0 spiro atoms. The van der Waals surface area contributed by atoms with Gasteiger partial charge in [0.05, 0.1) is 0 Å². The average molecular weight is 209 g/mol. The van der Waals surface area contributed by atoms with E-state index in [2.05, 4.69) is 4.98 Å². The summed E-state index contributed by atoms with van der Waals surface area (Å²) in [7, 11) is 1.77. The number of aromatic amines is 1. The molecule has 0 saturated carbocycles. The lowest BCUT2D eigenvalue weighted by molar-refractivity contribution is 0.0742. The van der Waals surface area contributed by atoms with Crippen LogP contribution in [0.15, 0.2) is 6.07 Å². The number of likely N-dealkylation sites (N-methyl/N-ethyl adjacent to an activating group) is 1. The van der Waals surface area contributed by atoms with Gasteiger partial charge in [-0.3, -0.25) is 4.79 Å². The lowest BCUT2D eigenvalue weighted by Gasteiger charge is -2.23. The number of amides is 1. The maximum atomic E-state index is 12.0. The first-order valence-corrected chi connectivity index (χ1v) is 5.10. The van der Waals surface area contributed by atoms with Crippen LogP contribution in [-0.2, 0) is 0 Å². The fourth-order valence-electron chi connectivity index (χ4n) is 1.49. The summed E-state index contributed by atoms with van der Waals surface area (Å²) in [5.74, 6) is -0.00134. The highest BCUT2D eigenvalue weighted by atomic mass is 16.2. The van der Waals surface area contributed by atoms with Crippen LogP contribution in [0, 0.1) is 13.8 Å². The fraction of sp³-hybridized carbons (Fsp3) is 0.545. The molecule has 4 heteroatoms. The van der Waals surface area contributed by atoms with Crippen LogP contribution in [0.5, 0.6) is 0 Å². The Bertz CT molecular complexity index is 357. The molecule has 3 N–H and O–H groups in total. The van der Waals surface area contributed by atoms with Gasteiger partial charge in [0.1, 0.15) is 5.69 Å². The summed E-state index contributed by atoms with van der Waals surface area (Å²) in [6.45, 7) is 6.28. The van der Waals surface area contributed by atoms with E-state index in [1.165, 1.54) is 0 Å². The summed E-state index contributed by atoms with van der Waals surface area (Å²) in [6, 6.07) is 2.02. The number of nitrogens with one attached hydrogen (secondary N) is 1. The first kappa shape index (κ1) is 11.8. The van der Waals surface area contributed by atoms with Crippen molar-refractivity contribution in [1.29, 1.82) is 0 Å². The van der Waals surface area contributed by atoms with Crippen LogP contribution in [0.1, 0.15) is 28.7 Å². The number of rotatable bonds is 3. The summed E-state index contributed by atoms with van der Waals surface area (Å²) in [4.78, 5) is 16.8. The van der Waals surface area contributed by atoms with E-state index in [1.54, 1.807) is 11.9 Å². The third-order valence-corrected chi connectivity index (χ3v) is 2.69. The smallest absolute Gasteiger partial charge is 0.270 e. The van der Waals surface area contributed by atoms with Crippen molar-refractivity contribution in [3.05, 3.63) is 23.0 Å². The molecule has 1 heterocycles. The lowest BCUT2D eigenvalue weighted by atomic mass is 10.2. The quantitative estimate of drug-likeness (QED) is 0.781. The Morgan fingerprint density at radius 1 is 1.60 bits per heavy atom. The molecule has 0 aliphatic rings. The van der Waals surface area contributed by atoms with E-state index in [4.69, 9.17) is 5.73 Å². The van der Waals surface area contributed by atoms with Crippen molar-refractivity contribution in [2.75, 3.05) is 13.6 Å². The van der Waals surface area contributed by atoms with Gasteiger partial charge < -0.3 is 15.6 Å². The molecule has 0 radical (unpaired) electrons. The first-order valence-electron chi connectivity index (χ1n) is 5.10. The number of hydrogen-bond donors (Lipinski definition) is 2. The van der Waals surface area contributed by atoms with Crippen LogP contribution in [0.3, 0.4) is 0 Å². The van der Waals surface area contributed by atoms with Crippen LogP contribution >= 0.6 is 0 Å². The maximum Gasteiger partial charge on any atom is 0.270 e. The Balaban J connectivity index is 2.89. The van der Waals surface area contributed by atoms with Gasteiger partial charge in [-0.1, -0.05) is 0 Å². The third-order valence-electron chi connectivity index (χ3n) is 2.69. The Kier molecular flexibility index (Phi) is 3.52. The summed E-state index contributed by atoms with van der Waals surface area (Å²) in [5, 5.41) is 0. The third kappa shape index (κ3) is 2.39. The minimum atomic E-state index is -0.00134. The summed E-state index contributed by atoms with van der Waals surface area (Å²) in [6.07, 6.45) is 0. The lowest BCUT2D eigenvalue weighted by Crippen LogP contribution is -2.40. The van der Waals surface area contributed by atoms with Crippen LogP contribution in [0.4, 0.5) is 0 Å². The largest absolute Gasteiger partial charge is 0.354 e. The van der Waals surface area contributed by atoms with E-state index >= 15 is 0 Å². The van der Waals surface area contributed by atoms with Gasteiger partial charge in [-0.25, -0.2) is 0 Å². The van der Waals surface area contributed by atoms with E-state index in [0.29, 0.717) is 12.2 Å². The maximum absolute atomic E-state index is 12.0. The zero-order valence-electron chi connectivity index (χ0n) is 9.79. The van der Waals surface area contributed by atoms with Crippen molar-refractivity contribution in [2.45, 2.75) is 26.8 Å². The van der Waals surface area contributed by atoms with E-state index in [1.807, 2.05) is 26.8 Å². The Labute approximate surface area is 90.5 Å². The summed E-state index contributed by atoms with van der Waals surface area (Å²) in [5.41, 5.74) is 8.17. The Morgan fingerprint density at radius 3 is 2.60 bits per heavy atom. The Morgan fingerprint density at radius 2 is 2.20 bits per heavy atom. The van der Waals surface area contributed by atoms with Gasteiger partial charge >= 0.3 is 0 Å². The van der Waals surface area contributed by atoms with E-state index < -0.39 is 0 Å². The molecule has 1 rings (SSSR count). The van der Waals surface area contributed by atoms with Gasteiger partial charge in [-0.2, -0.15) is 0 Å². The molecule has 4 nitrogen and oxygen atoms in total. The second kappa shape index (κ2) is 4.49. The zero-order valence-corrected chi connectivity index (χ0v) is 9.79. The summed E-state index contributed by atoms with van der Waals surface area (Å²) < 4.78 is 0. The molecule has 1 atom stereocenters. The number of carbonyl (C=O) groups excluding carboxylic acids is 1. The van der Waals surface area contributed by atoms with Gasteiger partial charge in [0.25, 0.3) is 5.91 Å². The monoisotopic (exact) mass is 209 g/mol. The minimum Gasteiger partial charge on any atom is -0.354 e. The molecule has 1 amide bonds. The standard InChI is InChI=1S/C11H19N3O/c1-7-5-8(2)13-10(7)11(15)14(4)9(3)6-12/h5,9,13H,6,12H2,1-4H3. The zero-order chi connectivity index (χ0) is 11.6. The number of H-pyrrole nitrogens is 1. The molecule has 84 valence electrons. The topological polar surface area (TPSA) is 62.1 Å².